The number of aryl methyl sites for hydroxylation is 1. The smallest absolute Gasteiger partial charge is 0.255 e. The molecule has 4 aromatic rings. The number of hydrogen-bond donors (Lipinski definition) is 2. The zero-order valence-corrected chi connectivity index (χ0v) is 23.4. The Balaban J connectivity index is 1.50. The van der Waals surface area contributed by atoms with Crippen LogP contribution in [0.15, 0.2) is 89.2 Å². The van der Waals surface area contributed by atoms with Crippen LogP contribution in [0.2, 0.25) is 5.02 Å². The van der Waals surface area contributed by atoms with Crippen molar-refractivity contribution >= 4 is 40.9 Å². The van der Waals surface area contributed by atoms with Crippen molar-refractivity contribution in [1.29, 1.82) is 0 Å². The molecule has 8 heteroatoms. The average Bonchev–Trinajstić information content (AvgIpc) is 3.31. The molecule has 3 aromatic carbocycles. The van der Waals surface area contributed by atoms with Gasteiger partial charge in [-0.25, -0.2) is 4.68 Å². The lowest BCUT2D eigenvalue weighted by molar-refractivity contribution is -0.113. The molecule has 5 rings (SSSR count). The summed E-state index contributed by atoms with van der Waals surface area (Å²) in [6.07, 6.45) is 0. The van der Waals surface area contributed by atoms with Gasteiger partial charge in [0.2, 0.25) is 11.1 Å². The molecule has 0 saturated carbocycles. The minimum atomic E-state index is -0.422. The van der Waals surface area contributed by atoms with Crippen LogP contribution in [0.5, 0.6) is 0 Å². The fourth-order valence-electron chi connectivity index (χ4n) is 4.49. The summed E-state index contributed by atoms with van der Waals surface area (Å²) in [6.45, 7) is 8.24. The lowest BCUT2D eigenvalue weighted by atomic mass is 9.92. The van der Waals surface area contributed by atoms with Crippen LogP contribution in [-0.2, 0) is 10.5 Å². The van der Waals surface area contributed by atoms with E-state index in [4.69, 9.17) is 21.7 Å². The topological polar surface area (TPSA) is 71.8 Å². The van der Waals surface area contributed by atoms with Crippen molar-refractivity contribution in [3.8, 4) is 0 Å². The van der Waals surface area contributed by atoms with E-state index in [1.165, 1.54) is 5.56 Å². The van der Waals surface area contributed by atoms with Gasteiger partial charge in [0.1, 0.15) is 6.04 Å². The van der Waals surface area contributed by atoms with Crippen LogP contribution in [0.1, 0.15) is 55.0 Å². The standard InChI is InChI=1S/C30H30ClN5OS/c1-18(2)22-11-13-23(14-12-22)27-26(28(37)33-25-8-6-5-7-19(25)3)20(4)32-29-34-30(35-36(27)29)38-17-21-9-15-24(31)16-10-21/h5-16,18,27H,17H2,1-4H3,(H,33,37)(H,32,34,35)/t27-/m1/s1. The molecule has 2 N–H and O–H groups in total. The fraction of sp³-hybridized carbons (Fsp3) is 0.233. The number of halogens is 1. The zero-order chi connectivity index (χ0) is 26.8. The van der Waals surface area contributed by atoms with Gasteiger partial charge in [-0.2, -0.15) is 4.98 Å². The molecule has 0 fully saturated rings. The molecule has 1 amide bonds. The average molecular weight is 544 g/mol. The van der Waals surface area contributed by atoms with Crippen molar-refractivity contribution in [1.82, 2.24) is 14.8 Å². The van der Waals surface area contributed by atoms with E-state index in [1.54, 1.807) is 11.8 Å². The van der Waals surface area contributed by atoms with Crippen molar-refractivity contribution in [2.45, 2.75) is 50.6 Å². The Morgan fingerprint density at radius 3 is 2.45 bits per heavy atom. The number of nitrogens with one attached hydrogen (secondary N) is 2. The summed E-state index contributed by atoms with van der Waals surface area (Å²) in [5, 5.41) is 12.6. The molecule has 1 aliphatic rings. The number of rotatable bonds is 7. The van der Waals surface area contributed by atoms with Gasteiger partial charge in [-0.3, -0.25) is 4.79 Å². The number of para-hydroxylation sites is 1. The van der Waals surface area contributed by atoms with Gasteiger partial charge in [0.25, 0.3) is 5.91 Å². The third kappa shape index (κ3) is 5.49. The molecule has 0 bridgehead atoms. The maximum absolute atomic E-state index is 13.8. The number of fused-ring (bicyclic) bond motifs is 1. The fourth-order valence-corrected chi connectivity index (χ4v) is 5.40. The summed E-state index contributed by atoms with van der Waals surface area (Å²) in [5.41, 5.74) is 6.50. The van der Waals surface area contributed by atoms with Crippen LogP contribution in [0.25, 0.3) is 0 Å². The van der Waals surface area contributed by atoms with E-state index in [2.05, 4.69) is 48.7 Å². The van der Waals surface area contributed by atoms with Crippen molar-refractivity contribution in [3.05, 3.63) is 111 Å². The Kier molecular flexibility index (Phi) is 7.58. The first-order valence-electron chi connectivity index (χ1n) is 12.6. The molecule has 0 unspecified atom stereocenters. The van der Waals surface area contributed by atoms with Gasteiger partial charge >= 0.3 is 0 Å². The highest BCUT2D eigenvalue weighted by atomic mass is 35.5. The predicted molar refractivity (Wildman–Crippen MR) is 156 cm³/mol. The highest BCUT2D eigenvalue weighted by molar-refractivity contribution is 7.98. The predicted octanol–water partition coefficient (Wildman–Crippen LogP) is 7.58. The number of amides is 1. The van der Waals surface area contributed by atoms with Crippen LogP contribution in [0.3, 0.4) is 0 Å². The van der Waals surface area contributed by atoms with E-state index < -0.39 is 6.04 Å². The molecule has 1 atom stereocenters. The molecule has 38 heavy (non-hydrogen) atoms. The van der Waals surface area contributed by atoms with Crippen molar-refractivity contribution in [2.75, 3.05) is 10.6 Å². The first kappa shape index (κ1) is 26.1. The van der Waals surface area contributed by atoms with Gasteiger partial charge in [0.15, 0.2) is 0 Å². The minimum Gasteiger partial charge on any atom is -0.328 e. The molecule has 0 aliphatic carbocycles. The number of nitrogens with zero attached hydrogens (tertiary/aromatic N) is 3. The van der Waals surface area contributed by atoms with Crippen molar-refractivity contribution in [3.63, 3.8) is 0 Å². The number of carbonyl (C=O) groups is 1. The molecule has 6 nitrogen and oxygen atoms in total. The lowest BCUT2D eigenvalue weighted by Crippen LogP contribution is -2.31. The van der Waals surface area contributed by atoms with Crippen LogP contribution >= 0.6 is 23.4 Å². The first-order chi connectivity index (χ1) is 18.3. The second-order valence-corrected chi connectivity index (χ2v) is 11.1. The van der Waals surface area contributed by atoms with E-state index in [0.29, 0.717) is 33.4 Å². The van der Waals surface area contributed by atoms with E-state index >= 15 is 0 Å². The number of hydrogen-bond acceptors (Lipinski definition) is 5. The van der Waals surface area contributed by atoms with E-state index in [9.17, 15) is 4.79 Å². The van der Waals surface area contributed by atoms with Crippen molar-refractivity contribution in [2.24, 2.45) is 0 Å². The Hall–Kier alpha value is -3.55. The van der Waals surface area contributed by atoms with E-state index in [0.717, 1.165) is 28.1 Å². The molecule has 1 aromatic heterocycles. The second kappa shape index (κ2) is 11.1. The molecular formula is C30H30ClN5OS. The van der Waals surface area contributed by atoms with Gasteiger partial charge in [-0.05, 0) is 60.2 Å². The molecule has 1 aliphatic heterocycles. The third-order valence-corrected chi connectivity index (χ3v) is 7.83. The number of anilines is 2. The highest BCUT2D eigenvalue weighted by Gasteiger charge is 2.34. The second-order valence-electron chi connectivity index (χ2n) is 9.73. The molecular weight excluding hydrogens is 514 g/mol. The Morgan fingerprint density at radius 1 is 1.05 bits per heavy atom. The lowest BCUT2D eigenvalue weighted by Gasteiger charge is -2.29. The number of aromatic nitrogens is 3. The molecule has 194 valence electrons. The summed E-state index contributed by atoms with van der Waals surface area (Å²) < 4.78 is 1.83. The van der Waals surface area contributed by atoms with Crippen LogP contribution in [0, 0.1) is 6.92 Å². The van der Waals surface area contributed by atoms with E-state index in [1.807, 2.05) is 67.1 Å². The summed E-state index contributed by atoms with van der Waals surface area (Å²) in [5.74, 6) is 1.57. The maximum Gasteiger partial charge on any atom is 0.255 e. The molecule has 0 saturated heterocycles. The third-order valence-electron chi connectivity index (χ3n) is 6.67. The largest absolute Gasteiger partial charge is 0.328 e. The number of benzene rings is 3. The van der Waals surface area contributed by atoms with E-state index in [-0.39, 0.29) is 5.91 Å². The van der Waals surface area contributed by atoms with Gasteiger partial charge in [-0.15, -0.1) is 5.10 Å². The maximum atomic E-state index is 13.8. The molecule has 0 spiro atoms. The Morgan fingerprint density at radius 2 is 1.76 bits per heavy atom. The van der Waals surface area contributed by atoms with Gasteiger partial charge < -0.3 is 10.6 Å². The van der Waals surface area contributed by atoms with Gasteiger partial charge in [0, 0.05) is 22.2 Å². The summed E-state index contributed by atoms with van der Waals surface area (Å²) in [7, 11) is 0. The van der Waals surface area contributed by atoms with Crippen LogP contribution < -0.4 is 10.6 Å². The molecule has 2 heterocycles. The summed E-state index contributed by atoms with van der Waals surface area (Å²) in [6, 6.07) is 23.6. The number of thioether (sulfide) groups is 1. The Labute approximate surface area is 232 Å². The minimum absolute atomic E-state index is 0.168. The zero-order valence-electron chi connectivity index (χ0n) is 21.8. The monoisotopic (exact) mass is 543 g/mol. The number of carbonyl (C=O) groups excluding carboxylic acids is 1. The van der Waals surface area contributed by atoms with Gasteiger partial charge in [-0.1, -0.05) is 91.8 Å². The van der Waals surface area contributed by atoms with Crippen LogP contribution in [-0.4, -0.2) is 20.7 Å². The number of allylic oxidation sites excluding steroid dienone is 1. The Bertz CT molecular complexity index is 1490. The van der Waals surface area contributed by atoms with Crippen LogP contribution in [0.4, 0.5) is 11.6 Å². The SMILES string of the molecule is CC1=C(C(=O)Nc2ccccc2C)[C@@H](c2ccc(C(C)C)cc2)n2nc(SCc3ccc(Cl)cc3)nc2N1. The van der Waals surface area contributed by atoms with Crippen molar-refractivity contribution < 1.29 is 4.79 Å². The summed E-state index contributed by atoms with van der Waals surface area (Å²) in [4.78, 5) is 18.5. The first-order valence-corrected chi connectivity index (χ1v) is 13.9. The normalized spacial score (nSPS) is 14.8. The quantitative estimate of drug-likeness (QED) is 0.235. The molecule has 0 radical (unpaired) electrons. The summed E-state index contributed by atoms with van der Waals surface area (Å²) >= 11 is 7.58. The highest BCUT2D eigenvalue weighted by Crippen LogP contribution is 2.37. The van der Waals surface area contributed by atoms with Gasteiger partial charge in [0.05, 0.1) is 5.57 Å².